The fourth-order valence-corrected chi connectivity index (χ4v) is 2.91. The fourth-order valence-electron chi connectivity index (χ4n) is 1.71. The Labute approximate surface area is 120 Å². The maximum absolute atomic E-state index is 11.8. The van der Waals surface area contributed by atoms with Crippen molar-refractivity contribution in [2.75, 3.05) is 0 Å². The summed E-state index contributed by atoms with van der Waals surface area (Å²) in [4.78, 5) is 11.8. The summed E-state index contributed by atoms with van der Waals surface area (Å²) >= 11 is 5.00. The molecule has 0 atom stereocenters. The van der Waals surface area contributed by atoms with Crippen LogP contribution >= 0.6 is 27.3 Å². The molecule has 0 aliphatic carbocycles. The van der Waals surface area contributed by atoms with Crippen molar-refractivity contribution >= 4 is 27.3 Å². The number of hydrogen-bond donors (Lipinski definition) is 0. The monoisotopic (exact) mass is 337 g/mol. The minimum Gasteiger partial charge on any atom is -0.423 e. The number of nitrogens with zero attached hydrogens (tertiary/aromatic N) is 3. The molecule has 0 aliphatic rings. The number of rotatable bonds is 3. The predicted molar refractivity (Wildman–Crippen MR) is 75.1 cm³/mol. The molecular weight excluding hydrogens is 330 g/mol. The molecule has 0 aliphatic heterocycles. The van der Waals surface area contributed by atoms with Crippen LogP contribution in [0, 0.1) is 0 Å². The number of halogens is 1. The zero-order valence-corrected chi connectivity index (χ0v) is 12.0. The molecule has 7 heteroatoms. The fraction of sp³-hybridized carbons (Fsp3) is 0.0833. The van der Waals surface area contributed by atoms with E-state index >= 15 is 0 Å². The van der Waals surface area contributed by atoms with Gasteiger partial charge in [-0.15, -0.1) is 21.5 Å². The average Bonchev–Trinajstić information content (AvgIpc) is 3.04. The van der Waals surface area contributed by atoms with Crippen molar-refractivity contribution in [1.29, 1.82) is 0 Å². The van der Waals surface area contributed by atoms with E-state index in [2.05, 4.69) is 26.1 Å². The predicted octanol–water partition coefficient (Wildman–Crippen LogP) is 2.77. The summed E-state index contributed by atoms with van der Waals surface area (Å²) in [5.41, 5.74) is 1.73. The summed E-state index contributed by atoms with van der Waals surface area (Å²) in [6.07, 6.45) is 2.99. The smallest absolute Gasteiger partial charge is 0.250 e. The molecule has 96 valence electrons. The number of thiophene rings is 1. The van der Waals surface area contributed by atoms with Crippen LogP contribution in [0.4, 0.5) is 0 Å². The molecule has 5 nitrogen and oxygen atoms in total. The first-order chi connectivity index (χ1) is 9.22. The lowest BCUT2D eigenvalue weighted by Gasteiger charge is -2.05. The Morgan fingerprint density at radius 2 is 2.32 bits per heavy atom. The molecule has 3 aromatic rings. The van der Waals surface area contributed by atoms with Crippen LogP contribution in [0.25, 0.3) is 11.5 Å². The van der Waals surface area contributed by atoms with Gasteiger partial charge in [0.2, 0.25) is 12.3 Å². The van der Waals surface area contributed by atoms with E-state index in [9.17, 15) is 4.79 Å². The SMILES string of the molecule is O=c1ccc(-c2nnco2)cn1Cc1csc(Br)c1. The Morgan fingerprint density at radius 3 is 3.00 bits per heavy atom. The molecule has 0 bridgehead atoms. The summed E-state index contributed by atoms with van der Waals surface area (Å²) in [5.74, 6) is 0.403. The van der Waals surface area contributed by atoms with Crippen LogP contribution in [0.5, 0.6) is 0 Å². The van der Waals surface area contributed by atoms with Gasteiger partial charge in [0.25, 0.3) is 5.56 Å². The second-order valence-electron chi connectivity index (χ2n) is 3.89. The minimum atomic E-state index is -0.0643. The summed E-state index contributed by atoms with van der Waals surface area (Å²) in [6, 6.07) is 5.17. The minimum absolute atomic E-state index is 0.0643. The third-order valence-corrected chi connectivity index (χ3v) is 4.12. The second-order valence-corrected chi connectivity index (χ2v) is 6.18. The molecule has 0 unspecified atom stereocenters. The molecule has 0 spiro atoms. The van der Waals surface area contributed by atoms with Gasteiger partial charge in [-0.3, -0.25) is 4.79 Å². The highest BCUT2D eigenvalue weighted by atomic mass is 79.9. The molecule has 0 radical (unpaired) electrons. The van der Waals surface area contributed by atoms with E-state index in [-0.39, 0.29) is 5.56 Å². The second kappa shape index (κ2) is 5.10. The van der Waals surface area contributed by atoms with Gasteiger partial charge in [0.1, 0.15) is 0 Å². The molecule has 0 saturated carbocycles. The van der Waals surface area contributed by atoms with Gasteiger partial charge in [-0.1, -0.05) is 0 Å². The van der Waals surface area contributed by atoms with Gasteiger partial charge in [-0.2, -0.15) is 0 Å². The van der Waals surface area contributed by atoms with Crippen LogP contribution in [0.3, 0.4) is 0 Å². The van der Waals surface area contributed by atoms with Gasteiger partial charge >= 0.3 is 0 Å². The van der Waals surface area contributed by atoms with Crippen LogP contribution in [0.15, 0.2) is 49.2 Å². The zero-order chi connectivity index (χ0) is 13.2. The molecule has 0 N–H and O–H groups in total. The maximum atomic E-state index is 11.8. The van der Waals surface area contributed by atoms with Gasteiger partial charge in [0, 0.05) is 12.3 Å². The summed E-state index contributed by atoms with van der Waals surface area (Å²) in [7, 11) is 0. The molecule has 0 amide bonds. The average molecular weight is 338 g/mol. The highest BCUT2D eigenvalue weighted by molar-refractivity contribution is 9.11. The van der Waals surface area contributed by atoms with Gasteiger partial charge in [-0.05, 0) is 39.0 Å². The third-order valence-electron chi connectivity index (χ3n) is 2.57. The van der Waals surface area contributed by atoms with Crippen molar-refractivity contribution < 1.29 is 4.42 Å². The largest absolute Gasteiger partial charge is 0.423 e. The standard InChI is InChI=1S/C12H8BrN3O2S/c13-10-3-8(6-19-10)4-16-5-9(1-2-11(16)17)12-15-14-7-18-12/h1-3,5-7H,4H2. The van der Waals surface area contributed by atoms with Crippen molar-refractivity contribution in [2.24, 2.45) is 0 Å². The zero-order valence-electron chi connectivity index (χ0n) is 9.62. The Balaban J connectivity index is 1.97. The molecule has 0 saturated heterocycles. The molecule has 0 fully saturated rings. The van der Waals surface area contributed by atoms with Gasteiger partial charge < -0.3 is 8.98 Å². The molecule has 3 heterocycles. The van der Waals surface area contributed by atoms with E-state index < -0.39 is 0 Å². The van der Waals surface area contributed by atoms with Crippen molar-refractivity contribution in [3.63, 3.8) is 0 Å². The lowest BCUT2D eigenvalue weighted by Crippen LogP contribution is -2.18. The highest BCUT2D eigenvalue weighted by Gasteiger charge is 2.07. The van der Waals surface area contributed by atoms with Crippen LogP contribution in [0.2, 0.25) is 0 Å². The van der Waals surface area contributed by atoms with Gasteiger partial charge in [0.05, 0.1) is 15.9 Å². The first-order valence-corrected chi connectivity index (χ1v) is 7.09. The van der Waals surface area contributed by atoms with E-state index in [0.717, 1.165) is 14.9 Å². The Kier molecular flexibility index (Phi) is 3.31. The summed E-state index contributed by atoms with van der Waals surface area (Å²) in [6.45, 7) is 0.517. The van der Waals surface area contributed by atoms with E-state index in [4.69, 9.17) is 4.42 Å². The molecule has 0 aromatic carbocycles. The Bertz CT molecular complexity index is 748. The van der Waals surface area contributed by atoms with Crippen molar-refractivity contribution in [3.8, 4) is 11.5 Å². The number of hydrogen-bond acceptors (Lipinski definition) is 5. The Morgan fingerprint density at radius 1 is 1.42 bits per heavy atom. The van der Waals surface area contributed by atoms with E-state index in [0.29, 0.717) is 12.4 Å². The Hall–Kier alpha value is -1.73. The summed E-state index contributed by atoms with van der Waals surface area (Å²) in [5, 5.41) is 9.47. The van der Waals surface area contributed by atoms with E-state index in [1.54, 1.807) is 28.2 Å². The molecule has 19 heavy (non-hydrogen) atoms. The van der Waals surface area contributed by atoms with Crippen LogP contribution < -0.4 is 5.56 Å². The third kappa shape index (κ3) is 2.66. The molecule has 3 aromatic heterocycles. The quantitative estimate of drug-likeness (QED) is 0.737. The van der Waals surface area contributed by atoms with Gasteiger partial charge in [0.15, 0.2) is 0 Å². The maximum Gasteiger partial charge on any atom is 0.250 e. The van der Waals surface area contributed by atoms with Gasteiger partial charge in [-0.25, -0.2) is 0 Å². The van der Waals surface area contributed by atoms with Crippen molar-refractivity contribution in [3.05, 3.63) is 55.9 Å². The molecule has 3 rings (SSSR count). The number of aromatic nitrogens is 3. The topological polar surface area (TPSA) is 60.9 Å². The molecular formula is C12H8BrN3O2S. The van der Waals surface area contributed by atoms with Crippen molar-refractivity contribution in [1.82, 2.24) is 14.8 Å². The van der Waals surface area contributed by atoms with Crippen LogP contribution in [-0.4, -0.2) is 14.8 Å². The van der Waals surface area contributed by atoms with E-state index in [1.807, 2.05) is 11.4 Å². The summed E-state index contributed by atoms with van der Waals surface area (Å²) < 4.78 is 7.79. The highest BCUT2D eigenvalue weighted by Crippen LogP contribution is 2.21. The van der Waals surface area contributed by atoms with Crippen molar-refractivity contribution in [2.45, 2.75) is 6.54 Å². The first kappa shape index (κ1) is 12.3. The lowest BCUT2D eigenvalue weighted by atomic mass is 10.2. The van der Waals surface area contributed by atoms with Crippen LogP contribution in [0.1, 0.15) is 5.56 Å². The van der Waals surface area contributed by atoms with Crippen LogP contribution in [-0.2, 0) is 6.54 Å². The van der Waals surface area contributed by atoms with E-state index in [1.165, 1.54) is 12.5 Å². The lowest BCUT2D eigenvalue weighted by molar-refractivity contribution is 0.567. The first-order valence-electron chi connectivity index (χ1n) is 5.42. The number of pyridine rings is 1. The normalized spacial score (nSPS) is 10.8.